The zero-order valence-corrected chi connectivity index (χ0v) is 12.5. The Hall–Kier alpha value is -2.60. The van der Waals surface area contributed by atoms with Crippen LogP contribution in [0.4, 0.5) is 4.79 Å². The van der Waals surface area contributed by atoms with Gasteiger partial charge >= 0.3 is 6.09 Å². The second kappa shape index (κ2) is 7.42. The van der Waals surface area contributed by atoms with Crippen LogP contribution in [-0.4, -0.2) is 33.1 Å². The van der Waals surface area contributed by atoms with Gasteiger partial charge in [-0.2, -0.15) is 0 Å². The summed E-state index contributed by atoms with van der Waals surface area (Å²) in [5.41, 5.74) is 10.5. The number of amides is 1. The summed E-state index contributed by atoms with van der Waals surface area (Å²) < 4.78 is 15.5. The highest BCUT2D eigenvalue weighted by Crippen LogP contribution is 2.42. The molecule has 118 valence electrons. The van der Waals surface area contributed by atoms with Crippen molar-refractivity contribution in [2.45, 2.75) is 19.3 Å². The van der Waals surface area contributed by atoms with Gasteiger partial charge in [-0.3, -0.25) is 0 Å². The van der Waals surface area contributed by atoms with Gasteiger partial charge in [0.2, 0.25) is 0 Å². The van der Waals surface area contributed by atoms with E-state index in [1.807, 2.05) is 12.1 Å². The lowest BCUT2D eigenvalue weighted by molar-refractivity contribution is 0.151. The number of hydrogen-bond acceptors (Lipinski definition) is 5. The number of benzene rings is 1. The molecular formula is C14H18N4O4. The van der Waals surface area contributed by atoms with E-state index in [4.69, 9.17) is 19.7 Å². The minimum Gasteiger partial charge on any atom is -0.493 e. The second-order valence-electron chi connectivity index (χ2n) is 4.71. The Kier molecular flexibility index (Phi) is 5.32. The fourth-order valence-corrected chi connectivity index (χ4v) is 2.39. The van der Waals surface area contributed by atoms with Crippen LogP contribution in [0, 0.1) is 0 Å². The quantitative estimate of drug-likeness (QED) is 0.475. The molecule has 0 spiro atoms. The molecule has 2 rings (SSSR count). The number of rotatable bonds is 7. The first-order chi connectivity index (χ1) is 10.7. The number of hydrogen-bond donors (Lipinski definition) is 1. The van der Waals surface area contributed by atoms with E-state index in [-0.39, 0.29) is 12.6 Å². The fraction of sp³-hybridized carbons (Fsp3) is 0.500. The topological polar surface area (TPSA) is 106 Å². The normalized spacial score (nSPS) is 14.9. The number of alkyl carbamates (subject to hydrolysis) is 1. The number of ether oxygens (including phenoxy) is 3. The monoisotopic (exact) mass is 306 g/mol. The summed E-state index contributed by atoms with van der Waals surface area (Å²) in [4.78, 5) is 14.0. The van der Waals surface area contributed by atoms with Crippen LogP contribution in [0.5, 0.6) is 11.5 Å². The zero-order valence-electron chi connectivity index (χ0n) is 12.5. The van der Waals surface area contributed by atoms with Crippen molar-refractivity contribution in [1.29, 1.82) is 0 Å². The number of methoxy groups -OCH3 is 1. The first-order valence-corrected chi connectivity index (χ1v) is 6.94. The Morgan fingerprint density at radius 3 is 3.00 bits per heavy atom. The highest BCUT2D eigenvalue weighted by molar-refractivity contribution is 5.67. The molecular weight excluding hydrogens is 288 g/mol. The van der Waals surface area contributed by atoms with Gasteiger partial charge in [-0.25, -0.2) is 4.79 Å². The molecule has 1 aliphatic carbocycles. The van der Waals surface area contributed by atoms with Crippen LogP contribution < -0.4 is 14.8 Å². The Labute approximate surface area is 128 Å². The van der Waals surface area contributed by atoms with Crippen LogP contribution in [0.3, 0.4) is 0 Å². The van der Waals surface area contributed by atoms with Crippen LogP contribution in [-0.2, 0) is 11.2 Å². The maximum Gasteiger partial charge on any atom is 0.407 e. The largest absolute Gasteiger partial charge is 0.493 e. The van der Waals surface area contributed by atoms with Crippen molar-refractivity contribution in [3.05, 3.63) is 33.7 Å². The molecule has 1 atom stereocenters. The molecule has 1 amide bonds. The minimum absolute atomic E-state index is 0.0998. The van der Waals surface area contributed by atoms with Crippen LogP contribution >= 0.6 is 0 Å². The minimum atomic E-state index is -0.413. The van der Waals surface area contributed by atoms with E-state index >= 15 is 0 Å². The molecule has 0 aromatic heterocycles. The molecule has 0 saturated heterocycles. The zero-order chi connectivity index (χ0) is 15.9. The molecule has 0 aliphatic heterocycles. The van der Waals surface area contributed by atoms with E-state index in [0.717, 1.165) is 17.5 Å². The Bertz CT molecular complexity index is 599. The predicted molar refractivity (Wildman–Crippen MR) is 79.1 cm³/mol. The summed E-state index contributed by atoms with van der Waals surface area (Å²) in [5, 5.41) is 6.07. The molecule has 0 fully saturated rings. The van der Waals surface area contributed by atoms with Crippen LogP contribution in [0.2, 0.25) is 0 Å². The molecule has 0 saturated carbocycles. The van der Waals surface area contributed by atoms with Gasteiger partial charge in [-0.05, 0) is 42.1 Å². The van der Waals surface area contributed by atoms with Crippen molar-refractivity contribution < 1.29 is 19.0 Å². The number of carbonyl (C=O) groups is 1. The molecule has 0 bridgehead atoms. The smallest absolute Gasteiger partial charge is 0.407 e. The molecule has 1 aliphatic rings. The second-order valence-corrected chi connectivity index (χ2v) is 4.71. The molecule has 1 aromatic rings. The van der Waals surface area contributed by atoms with Crippen molar-refractivity contribution in [1.82, 2.24) is 5.32 Å². The van der Waals surface area contributed by atoms with E-state index in [1.54, 1.807) is 14.0 Å². The molecule has 0 radical (unpaired) electrons. The highest BCUT2D eigenvalue weighted by Gasteiger charge is 2.29. The summed E-state index contributed by atoms with van der Waals surface area (Å²) >= 11 is 0. The molecule has 8 heteroatoms. The first kappa shape index (κ1) is 15.8. The van der Waals surface area contributed by atoms with Crippen LogP contribution in [0.25, 0.3) is 10.4 Å². The van der Waals surface area contributed by atoms with Gasteiger partial charge in [0.15, 0.2) is 18.2 Å². The van der Waals surface area contributed by atoms with Crippen molar-refractivity contribution in [3.63, 3.8) is 0 Å². The van der Waals surface area contributed by atoms with E-state index < -0.39 is 6.09 Å². The van der Waals surface area contributed by atoms with Crippen molar-refractivity contribution >= 4 is 6.09 Å². The Balaban J connectivity index is 2.03. The lowest BCUT2D eigenvalue weighted by atomic mass is 9.77. The molecule has 1 unspecified atom stereocenters. The predicted octanol–water partition coefficient (Wildman–Crippen LogP) is 2.73. The Morgan fingerprint density at radius 2 is 2.32 bits per heavy atom. The number of nitrogens with zero attached hydrogens (tertiary/aromatic N) is 3. The van der Waals surface area contributed by atoms with Crippen molar-refractivity contribution in [2.75, 3.05) is 27.0 Å². The first-order valence-electron chi connectivity index (χ1n) is 6.94. The average Bonchev–Trinajstić information content (AvgIpc) is 2.50. The summed E-state index contributed by atoms with van der Waals surface area (Å²) in [6.45, 7) is 2.52. The maximum atomic E-state index is 11.3. The van der Waals surface area contributed by atoms with Gasteiger partial charge in [0.05, 0.1) is 13.7 Å². The van der Waals surface area contributed by atoms with Gasteiger partial charge in [-0.15, -0.1) is 0 Å². The highest BCUT2D eigenvalue weighted by atomic mass is 16.5. The summed E-state index contributed by atoms with van der Waals surface area (Å²) in [5.74, 6) is 1.34. The number of azide groups is 1. The third-order valence-electron chi connectivity index (χ3n) is 3.44. The van der Waals surface area contributed by atoms with E-state index in [0.29, 0.717) is 24.7 Å². The fourth-order valence-electron chi connectivity index (χ4n) is 2.39. The van der Waals surface area contributed by atoms with E-state index in [2.05, 4.69) is 15.3 Å². The summed E-state index contributed by atoms with van der Waals surface area (Å²) in [6, 6.07) is 3.77. The molecule has 1 N–H and O–H groups in total. The molecule has 8 nitrogen and oxygen atoms in total. The molecule has 1 aromatic carbocycles. The van der Waals surface area contributed by atoms with Crippen molar-refractivity contribution in [3.8, 4) is 11.5 Å². The van der Waals surface area contributed by atoms with Crippen molar-refractivity contribution in [2.24, 2.45) is 5.11 Å². The lowest BCUT2D eigenvalue weighted by Crippen LogP contribution is -2.33. The van der Waals surface area contributed by atoms with E-state index in [9.17, 15) is 4.79 Å². The van der Waals surface area contributed by atoms with E-state index in [1.165, 1.54) is 0 Å². The van der Waals surface area contributed by atoms with Gasteiger partial charge in [-0.1, -0.05) is 5.11 Å². The lowest BCUT2D eigenvalue weighted by Gasteiger charge is -2.31. The summed E-state index contributed by atoms with van der Waals surface area (Å²) in [6.07, 6.45) is 0.443. The molecule has 22 heavy (non-hydrogen) atoms. The van der Waals surface area contributed by atoms with Crippen LogP contribution in [0.1, 0.15) is 24.0 Å². The van der Waals surface area contributed by atoms with Gasteiger partial charge in [0.1, 0.15) is 0 Å². The van der Waals surface area contributed by atoms with Gasteiger partial charge in [0, 0.05) is 17.4 Å². The average molecular weight is 306 g/mol. The SMILES string of the molecule is CCOC(=O)NCC1Cc2cc(OC)c(OCN=[N+]=[N-])cc21. The number of nitrogens with one attached hydrogen (secondary N) is 1. The third-order valence-corrected chi connectivity index (χ3v) is 3.44. The standard InChI is InChI=1S/C14H18N4O4/c1-3-21-14(19)16-7-10-4-9-5-12(20-2)13(6-11(9)10)22-8-17-18-15/h5-6,10H,3-4,7-8H2,1-2H3,(H,16,19). The molecule has 0 heterocycles. The van der Waals surface area contributed by atoms with Gasteiger partial charge in [0.25, 0.3) is 0 Å². The van der Waals surface area contributed by atoms with Crippen LogP contribution in [0.15, 0.2) is 17.2 Å². The van der Waals surface area contributed by atoms with Gasteiger partial charge < -0.3 is 19.5 Å². The Morgan fingerprint density at radius 1 is 1.50 bits per heavy atom. The number of carbonyl (C=O) groups excluding carboxylic acids is 1. The number of fused-ring (bicyclic) bond motifs is 1. The maximum absolute atomic E-state index is 11.3. The third kappa shape index (κ3) is 3.53. The summed E-state index contributed by atoms with van der Waals surface area (Å²) in [7, 11) is 1.56.